The topological polar surface area (TPSA) is 237 Å². The average molecular weight is 1300 g/mol. The molecule has 0 aromatic heterocycles. The molecule has 0 heterocycles. The molecule has 0 saturated carbocycles. The van der Waals surface area contributed by atoms with E-state index in [1.165, 1.54) is 128 Å². The summed E-state index contributed by atoms with van der Waals surface area (Å²) in [6.45, 7) is 14.0. The summed E-state index contributed by atoms with van der Waals surface area (Å²) < 4.78 is 68.1. The number of carbonyl (C=O) groups is 4. The molecule has 6 atom stereocenters. The van der Waals surface area contributed by atoms with Crippen LogP contribution in [0.1, 0.15) is 338 Å². The van der Waals surface area contributed by atoms with E-state index in [-0.39, 0.29) is 25.7 Å². The highest BCUT2D eigenvalue weighted by molar-refractivity contribution is 7.47. The minimum Gasteiger partial charge on any atom is -0.462 e. The first-order valence-corrected chi connectivity index (χ1v) is 38.7. The van der Waals surface area contributed by atoms with E-state index < -0.39 is 97.5 Å². The molecule has 3 N–H and O–H groups in total. The Morgan fingerprint density at radius 1 is 0.318 bits per heavy atom. The van der Waals surface area contributed by atoms with Crippen LogP contribution in [0.2, 0.25) is 0 Å². The van der Waals surface area contributed by atoms with E-state index in [0.29, 0.717) is 37.5 Å². The number of hydrogen-bond acceptors (Lipinski definition) is 15. The zero-order valence-electron chi connectivity index (χ0n) is 57.3. The van der Waals surface area contributed by atoms with Gasteiger partial charge in [-0.3, -0.25) is 37.3 Å². The number of esters is 4. The molecule has 0 spiro atoms. The molecule has 0 bridgehead atoms. The van der Waals surface area contributed by atoms with Crippen molar-refractivity contribution in [3.05, 3.63) is 0 Å². The van der Waals surface area contributed by atoms with Gasteiger partial charge in [0.2, 0.25) is 0 Å². The zero-order valence-corrected chi connectivity index (χ0v) is 59.1. The van der Waals surface area contributed by atoms with E-state index in [1.807, 2.05) is 0 Å². The van der Waals surface area contributed by atoms with Gasteiger partial charge in [-0.05, 0) is 49.4 Å². The highest BCUT2D eigenvalue weighted by Crippen LogP contribution is 2.45. The SMILES string of the molecule is CCC(C)CCCCCCCCC(=O)OC[C@H](COP(=O)(O)OCC(O)COP(=O)(O)OC[C@@H](COC(=O)CCCCCCCCCC(C)C)OC(=O)CCCCCCCCC(C)C)OC(=O)CCCCCCCCCCCCCCCCCCC(C)C. The molecule has 88 heavy (non-hydrogen) atoms. The molecule has 0 aromatic rings. The van der Waals surface area contributed by atoms with Crippen LogP contribution in [0.25, 0.3) is 0 Å². The molecule has 0 aliphatic carbocycles. The standard InChI is InChI=1S/C69H134O17P2/c1-9-62(8)48-40-32-26-28-34-42-50-67(72)80-56-64(85-68(73)51-43-35-23-19-17-15-13-11-10-12-14-16-18-21-29-37-45-59(2)3)57-83-87(75,76)81-53-63(70)54-82-88(77,78)84-58-65(86-69(74)52-44-36-27-25-31-39-47-61(6)7)55-79-66(71)49-41-33-24-20-22-30-38-46-60(4)5/h59-65,70H,9-58H2,1-8H3,(H,75,76)(H,77,78)/t62?,63?,64-,65-/m1/s1. The molecular formula is C69H134O17P2. The first kappa shape index (κ1) is 86.1. The largest absolute Gasteiger partial charge is 0.472 e. The van der Waals surface area contributed by atoms with Crippen molar-refractivity contribution >= 4 is 39.5 Å². The predicted molar refractivity (Wildman–Crippen MR) is 354 cm³/mol. The summed E-state index contributed by atoms with van der Waals surface area (Å²) in [5.41, 5.74) is 0. The molecule has 4 unspecified atom stereocenters. The van der Waals surface area contributed by atoms with Gasteiger partial charge in [0.1, 0.15) is 19.3 Å². The third-order valence-electron chi connectivity index (χ3n) is 16.2. The summed E-state index contributed by atoms with van der Waals surface area (Å²) in [5.74, 6) is 0.777. The monoisotopic (exact) mass is 1300 g/mol. The van der Waals surface area contributed by atoms with Gasteiger partial charge in [-0.1, -0.05) is 287 Å². The van der Waals surface area contributed by atoms with E-state index in [9.17, 15) is 43.2 Å². The van der Waals surface area contributed by atoms with Crippen LogP contribution < -0.4 is 0 Å². The highest BCUT2D eigenvalue weighted by Gasteiger charge is 2.30. The lowest BCUT2D eigenvalue weighted by Gasteiger charge is -2.21. The number of aliphatic hydroxyl groups excluding tert-OH is 1. The molecule has 0 aliphatic rings. The molecule has 0 radical (unpaired) electrons. The Labute approximate surface area is 537 Å². The molecule has 19 heteroatoms. The van der Waals surface area contributed by atoms with Crippen LogP contribution in [0, 0.1) is 23.7 Å². The highest BCUT2D eigenvalue weighted by atomic mass is 31.2. The molecule has 0 aromatic carbocycles. The van der Waals surface area contributed by atoms with Crippen molar-refractivity contribution in [1.82, 2.24) is 0 Å². The van der Waals surface area contributed by atoms with Crippen molar-refractivity contribution < 1.29 is 80.2 Å². The average Bonchev–Trinajstić information content (AvgIpc) is 3.64. The van der Waals surface area contributed by atoms with Gasteiger partial charge in [0.25, 0.3) is 0 Å². The molecule has 0 fully saturated rings. The molecule has 0 aliphatic heterocycles. The Hall–Kier alpha value is -1.94. The number of carbonyl (C=O) groups excluding carboxylic acids is 4. The van der Waals surface area contributed by atoms with Gasteiger partial charge in [-0.25, -0.2) is 9.13 Å². The van der Waals surface area contributed by atoms with Gasteiger partial charge in [0.05, 0.1) is 26.4 Å². The second-order valence-electron chi connectivity index (χ2n) is 26.6. The van der Waals surface area contributed by atoms with Crippen molar-refractivity contribution in [2.75, 3.05) is 39.6 Å². The van der Waals surface area contributed by atoms with Crippen molar-refractivity contribution in [2.24, 2.45) is 23.7 Å². The second-order valence-corrected chi connectivity index (χ2v) is 29.5. The minimum atomic E-state index is -4.95. The molecule has 17 nitrogen and oxygen atoms in total. The lowest BCUT2D eigenvalue weighted by Crippen LogP contribution is -2.30. The van der Waals surface area contributed by atoms with Crippen LogP contribution in [-0.4, -0.2) is 96.7 Å². The van der Waals surface area contributed by atoms with E-state index in [0.717, 1.165) is 115 Å². The lowest BCUT2D eigenvalue weighted by atomic mass is 10.00. The quantitative estimate of drug-likeness (QED) is 0.0222. The summed E-state index contributed by atoms with van der Waals surface area (Å²) in [5, 5.41) is 10.6. The summed E-state index contributed by atoms with van der Waals surface area (Å²) in [7, 11) is -9.90. The second kappa shape index (κ2) is 58.8. The van der Waals surface area contributed by atoms with E-state index in [2.05, 4.69) is 55.4 Å². The van der Waals surface area contributed by atoms with E-state index in [4.69, 9.17) is 37.0 Å². The maximum absolute atomic E-state index is 13.0. The van der Waals surface area contributed by atoms with Crippen LogP contribution in [-0.2, 0) is 65.4 Å². The van der Waals surface area contributed by atoms with Crippen LogP contribution in [0.15, 0.2) is 0 Å². The first-order valence-electron chi connectivity index (χ1n) is 35.7. The first-order chi connectivity index (χ1) is 42.1. The number of ether oxygens (including phenoxy) is 4. The van der Waals surface area contributed by atoms with Gasteiger partial charge in [0.15, 0.2) is 12.2 Å². The normalized spacial score (nSPS) is 14.6. The molecular weight excluding hydrogens is 1160 g/mol. The van der Waals surface area contributed by atoms with Crippen LogP contribution in [0.4, 0.5) is 0 Å². The minimum absolute atomic E-state index is 0.101. The van der Waals surface area contributed by atoms with E-state index in [1.54, 1.807) is 0 Å². The van der Waals surface area contributed by atoms with E-state index >= 15 is 0 Å². The van der Waals surface area contributed by atoms with Crippen molar-refractivity contribution in [3.8, 4) is 0 Å². The fourth-order valence-electron chi connectivity index (χ4n) is 10.3. The summed E-state index contributed by atoms with van der Waals surface area (Å²) in [6, 6.07) is 0. The fourth-order valence-corrected chi connectivity index (χ4v) is 11.9. The Kier molecular flexibility index (Phi) is 57.6. The number of aliphatic hydroxyl groups is 1. The summed E-state index contributed by atoms with van der Waals surface area (Å²) >= 11 is 0. The molecule has 0 saturated heterocycles. The van der Waals surface area contributed by atoms with Crippen LogP contribution >= 0.6 is 15.6 Å². The maximum atomic E-state index is 13.0. The molecule has 0 amide bonds. The zero-order chi connectivity index (χ0) is 65.4. The number of hydrogen-bond donors (Lipinski definition) is 3. The smallest absolute Gasteiger partial charge is 0.462 e. The number of rotatable bonds is 66. The van der Waals surface area contributed by atoms with Crippen molar-refractivity contribution in [2.45, 2.75) is 356 Å². The Morgan fingerprint density at radius 2 is 0.545 bits per heavy atom. The van der Waals surface area contributed by atoms with Crippen molar-refractivity contribution in [3.63, 3.8) is 0 Å². The number of unbranched alkanes of at least 4 members (excludes halogenated alkanes) is 31. The lowest BCUT2D eigenvalue weighted by molar-refractivity contribution is -0.161. The van der Waals surface area contributed by atoms with Gasteiger partial charge in [-0.15, -0.1) is 0 Å². The van der Waals surface area contributed by atoms with Crippen LogP contribution in [0.3, 0.4) is 0 Å². The molecule has 0 rings (SSSR count). The van der Waals surface area contributed by atoms with Gasteiger partial charge in [-0.2, -0.15) is 0 Å². The van der Waals surface area contributed by atoms with Gasteiger partial charge < -0.3 is 33.8 Å². The van der Waals surface area contributed by atoms with Gasteiger partial charge >= 0.3 is 39.5 Å². The van der Waals surface area contributed by atoms with Crippen molar-refractivity contribution in [1.29, 1.82) is 0 Å². The molecule has 522 valence electrons. The predicted octanol–water partition coefficient (Wildman–Crippen LogP) is 19.3. The Bertz CT molecular complexity index is 1750. The third-order valence-corrected chi connectivity index (χ3v) is 18.1. The Morgan fingerprint density at radius 3 is 0.807 bits per heavy atom. The number of phosphoric ester groups is 2. The third kappa shape index (κ3) is 61.6. The fraction of sp³-hybridized carbons (Fsp3) is 0.942. The van der Waals surface area contributed by atoms with Gasteiger partial charge in [0, 0.05) is 25.7 Å². The summed E-state index contributed by atoms with van der Waals surface area (Å²) in [6.07, 6.45) is 40.7. The Balaban J connectivity index is 5.18. The number of phosphoric acid groups is 2. The van der Waals surface area contributed by atoms with Crippen LogP contribution in [0.5, 0.6) is 0 Å². The summed E-state index contributed by atoms with van der Waals surface area (Å²) in [4.78, 5) is 72.4. The maximum Gasteiger partial charge on any atom is 0.472 e.